The maximum absolute atomic E-state index is 13.5. The van der Waals surface area contributed by atoms with Gasteiger partial charge in [0, 0.05) is 10.7 Å². The lowest BCUT2D eigenvalue weighted by Crippen LogP contribution is -2.21. The molecule has 0 aromatic heterocycles. The normalized spacial score (nSPS) is 10.0. The molecule has 0 atom stereocenters. The lowest BCUT2D eigenvalue weighted by atomic mass is 10.2. The minimum atomic E-state index is -0.924. The summed E-state index contributed by atoms with van der Waals surface area (Å²) in [5.41, 5.74) is 0.308. The second-order valence-electron chi connectivity index (χ2n) is 4.11. The Hall–Kier alpha value is -2.40. The van der Waals surface area contributed by atoms with Crippen molar-refractivity contribution >= 4 is 29.2 Å². The number of rotatable bonds is 4. The summed E-state index contributed by atoms with van der Waals surface area (Å²) in [4.78, 5) is 23.2. The molecule has 108 valence electrons. The van der Waals surface area contributed by atoms with E-state index in [4.69, 9.17) is 16.3 Å². The molecular weight excluding hydrogens is 297 g/mol. The van der Waals surface area contributed by atoms with Crippen LogP contribution in [0.5, 0.6) is 0 Å². The van der Waals surface area contributed by atoms with Crippen LogP contribution < -0.4 is 5.32 Å². The molecule has 0 saturated carbocycles. The number of benzene rings is 2. The first-order chi connectivity index (χ1) is 10.1. The summed E-state index contributed by atoms with van der Waals surface area (Å²) in [7, 11) is 0. The van der Waals surface area contributed by atoms with E-state index >= 15 is 0 Å². The second-order valence-corrected chi connectivity index (χ2v) is 4.55. The number of nitrogens with one attached hydrogen (secondary N) is 1. The predicted octanol–water partition coefficient (Wildman–Crippen LogP) is 3.27. The topological polar surface area (TPSA) is 55.4 Å². The number of carbonyl (C=O) groups excluding carboxylic acids is 2. The van der Waals surface area contributed by atoms with Gasteiger partial charge >= 0.3 is 5.97 Å². The number of esters is 1. The van der Waals surface area contributed by atoms with Gasteiger partial charge in [0.05, 0.1) is 5.56 Å². The number of hydrogen-bond acceptors (Lipinski definition) is 3. The van der Waals surface area contributed by atoms with Crippen LogP contribution in [-0.2, 0) is 9.53 Å². The molecular formula is C15H11ClFNO3. The lowest BCUT2D eigenvalue weighted by molar-refractivity contribution is -0.119. The molecule has 0 aliphatic carbocycles. The molecule has 0 spiro atoms. The minimum Gasteiger partial charge on any atom is -0.452 e. The van der Waals surface area contributed by atoms with Crippen molar-refractivity contribution in [3.8, 4) is 0 Å². The van der Waals surface area contributed by atoms with Crippen LogP contribution in [0.15, 0.2) is 48.5 Å². The molecule has 21 heavy (non-hydrogen) atoms. The van der Waals surface area contributed by atoms with Crippen LogP contribution in [-0.4, -0.2) is 18.5 Å². The van der Waals surface area contributed by atoms with Gasteiger partial charge in [-0.3, -0.25) is 4.79 Å². The SMILES string of the molecule is O=C(COC(=O)c1ccc(Cl)cc1F)Nc1ccccc1. The average Bonchev–Trinajstić information content (AvgIpc) is 2.46. The summed E-state index contributed by atoms with van der Waals surface area (Å²) in [6, 6.07) is 12.3. The van der Waals surface area contributed by atoms with Gasteiger partial charge in [0.2, 0.25) is 0 Å². The van der Waals surface area contributed by atoms with Crippen molar-refractivity contribution in [3.05, 3.63) is 64.9 Å². The van der Waals surface area contributed by atoms with Crippen LogP contribution >= 0.6 is 11.6 Å². The molecule has 6 heteroatoms. The van der Waals surface area contributed by atoms with Crippen LogP contribution in [0.2, 0.25) is 5.02 Å². The molecule has 2 rings (SSSR count). The Balaban J connectivity index is 1.90. The summed E-state index contributed by atoms with van der Waals surface area (Å²) in [6.07, 6.45) is 0. The number of anilines is 1. The maximum Gasteiger partial charge on any atom is 0.341 e. The van der Waals surface area contributed by atoms with Crippen LogP contribution in [0.1, 0.15) is 10.4 Å². The van der Waals surface area contributed by atoms with Crippen LogP contribution in [0.4, 0.5) is 10.1 Å². The van der Waals surface area contributed by atoms with Gasteiger partial charge in [-0.1, -0.05) is 29.8 Å². The van der Waals surface area contributed by atoms with Crippen LogP contribution in [0.25, 0.3) is 0 Å². The van der Waals surface area contributed by atoms with E-state index in [1.165, 1.54) is 12.1 Å². The van der Waals surface area contributed by atoms with Gasteiger partial charge in [0.15, 0.2) is 6.61 Å². The van der Waals surface area contributed by atoms with E-state index in [1.54, 1.807) is 30.3 Å². The Labute approximate surface area is 125 Å². The summed E-state index contributed by atoms with van der Waals surface area (Å²) >= 11 is 5.58. The van der Waals surface area contributed by atoms with Gasteiger partial charge in [-0.15, -0.1) is 0 Å². The highest BCUT2D eigenvalue weighted by Crippen LogP contribution is 2.15. The van der Waals surface area contributed by atoms with Crippen molar-refractivity contribution in [1.82, 2.24) is 0 Å². The van der Waals surface area contributed by atoms with Gasteiger partial charge in [-0.05, 0) is 30.3 Å². The van der Waals surface area contributed by atoms with Gasteiger partial charge in [0.1, 0.15) is 5.82 Å². The Kier molecular flexibility index (Phi) is 4.90. The number of carbonyl (C=O) groups is 2. The molecule has 2 aromatic rings. The van der Waals surface area contributed by atoms with E-state index in [9.17, 15) is 14.0 Å². The summed E-state index contributed by atoms with van der Waals surface area (Å²) in [5.74, 6) is -2.23. The highest BCUT2D eigenvalue weighted by molar-refractivity contribution is 6.30. The number of para-hydroxylation sites is 1. The standard InChI is InChI=1S/C15H11ClFNO3/c16-10-6-7-12(13(17)8-10)15(20)21-9-14(19)18-11-4-2-1-3-5-11/h1-8H,9H2,(H,18,19). The molecule has 0 unspecified atom stereocenters. The van der Waals surface area contributed by atoms with Gasteiger partial charge < -0.3 is 10.1 Å². The molecule has 0 fully saturated rings. The summed E-state index contributed by atoms with van der Waals surface area (Å²) < 4.78 is 18.2. The fourth-order valence-corrected chi connectivity index (χ4v) is 1.74. The zero-order valence-electron chi connectivity index (χ0n) is 10.8. The third kappa shape index (κ3) is 4.29. The van der Waals surface area contributed by atoms with Crippen LogP contribution in [0.3, 0.4) is 0 Å². The highest BCUT2D eigenvalue weighted by Gasteiger charge is 2.15. The summed E-state index contributed by atoms with van der Waals surface area (Å²) in [5, 5.41) is 2.71. The Bertz CT molecular complexity index is 661. The first-order valence-corrected chi connectivity index (χ1v) is 6.41. The predicted molar refractivity (Wildman–Crippen MR) is 76.8 cm³/mol. The number of hydrogen-bond donors (Lipinski definition) is 1. The molecule has 0 radical (unpaired) electrons. The summed E-state index contributed by atoms with van der Waals surface area (Å²) in [6.45, 7) is -0.504. The number of halogens is 2. The quantitative estimate of drug-likeness (QED) is 0.882. The zero-order valence-corrected chi connectivity index (χ0v) is 11.6. The van der Waals surface area contributed by atoms with E-state index in [0.29, 0.717) is 5.69 Å². The van der Waals surface area contributed by atoms with E-state index in [1.807, 2.05) is 0 Å². The second kappa shape index (κ2) is 6.85. The molecule has 0 aliphatic heterocycles. The fourth-order valence-electron chi connectivity index (χ4n) is 1.58. The maximum atomic E-state index is 13.5. The number of ether oxygens (including phenoxy) is 1. The van der Waals surface area contributed by atoms with E-state index in [2.05, 4.69) is 5.32 Å². The molecule has 0 saturated heterocycles. The Morgan fingerprint density at radius 3 is 2.52 bits per heavy atom. The third-order valence-electron chi connectivity index (χ3n) is 2.54. The lowest BCUT2D eigenvalue weighted by Gasteiger charge is -2.07. The molecule has 0 heterocycles. The van der Waals surface area contributed by atoms with E-state index in [0.717, 1.165) is 6.07 Å². The van der Waals surface area contributed by atoms with Crippen molar-refractivity contribution in [1.29, 1.82) is 0 Å². The molecule has 0 bridgehead atoms. The van der Waals surface area contributed by atoms with E-state index < -0.39 is 24.3 Å². The van der Waals surface area contributed by atoms with E-state index in [-0.39, 0.29) is 10.6 Å². The largest absolute Gasteiger partial charge is 0.452 e. The van der Waals surface area contributed by atoms with Crippen molar-refractivity contribution in [3.63, 3.8) is 0 Å². The first kappa shape index (κ1) is 15.0. The minimum absolute atomic E-state index is 0.172. The molecule has 4 nitrogen and oxygen atoms in total. The van der Waals surface area contributed by atoms with Gasteiger partial charge in [-0.25, -0.2) is 9.18 Å². The molecule has 1 amide bonds. The van der Waals surface area contributed by atoms with Crippen molar-refractivity contribution in [2.45, 2.75) is 0 Å². The van der Waals surface area contributed by atoms with Crippen molar-refractivity contribution in [2.75, 3.05) is 11.9 Å². The first-order valence-electron chi connectivity index (χ1n) is 6.03. The fraction of sp³-hybridized carbons (Fsp3) is 0.0667. The monoisotopic (exact) mass is 307 g/mol. The molecule has 1 N–H and O–H groups in total. The average molecular weight is 308 g/mol. The van der Waals surface area contributed by atoms with Crippen molar-refractivity contribution in [2.24, 2.45) is 0 Å². The van der Waals surface area contributed by atoms with Gasteiger partial charge in [-0.2, -0.15) is 0 Å². The number of amides is 1. The third-order valence-corrected chi connectivity index (χ3v) is 2.78. The molecule has 2 aromatic carbocycles. The smallest absolute Gasteiger partial charge is 0.341 e. The molecule has 0 aliphatic rings. The zero-order chi connectivity index (χ0) is 15.2. The van der Waals surface area contributed by atoms with Crippen LogP contribution in [0, 0.1) is 5.82 Å². The van der Waals surface area contributed by atoms with Gasteiger partial charge in [0.25, 0.3) is 5.91 Å². The van der Waals surface area contributed by atoms with Crippen molar-refractivity contribution < 1.29 is 18.7 Å². The highest BCUT2D eigenvalue weighted by atomic mass is 35.5. The Morgan fingerprint density at radius 1 is 1.14 bits per heavy atom. The Morgan fingerprint density at radius 2 is 1.86 bits per heavy atom.